The minimum Gasteiger partial charge on any atom is -0.486 e. The molecule has 94 valence electrons. The van der Waals surface area contributed by atoms with Gasteiger partial charge in [-0.1, -0.05) is 30.9 Å². The molecule has 0 aromatic heterocycles. The van der Waals surface area contributed by atoms with Gasteiger partial charge in [0.1, 0.15) is 11.9 Å². The molecule has 0 aliphatic carbocycles. The van der Waals surface area contributed by atoms with Gasteiger partial charge in [-0.15, -0.1) is 0 Å². The fraction of sp³-hybridized carbons (Fsp3) is 0.467. The summed E-state index contributed by atoms with van der Waals surface area (Å²) >= 11 is 0. The fourth-order valence-electron chi connectivity index (χ4n) is 1.37. The molecule has 1 aromatic carbocycles. The van der Waals surface area contributed by atoms with Crippen LogP contribution < -0.4 is 10.1 Å². The molecule has 0 radical (unpaired) electrons. The molecule has 1 aromatic rings. The minimum atomic E-state index is 0.0331. The van der Waals surface area contributed by atoms with Crippen LogP contribution in [0.25, 0.3) is 0 Å². The van der Waals surface area contributed by atoms with Crippen LogP contribution in [0.2, 0.25) is 0 Å². The molecule has 1 unspecified atom stereocenters. The van der Waals surface area contributed by atoms with Crippen molar-refractivity contribution in [3.8, 4) is 5.75 Å². The van der Waals surface area contributed by atoms with E-state index >= 15 is 0 Å². The van der Waals surface area contributed by atoms with Gasteiger partial charge in [0.05, 0.1) is 0 Å². The lowest BCUT2D eigenvalue weighted by Gasteiger charge is -2.22. The van der Waals surface area contributed by atoms with E-state index in [-0.39, 0.29) is 11.6 Å². The molecule has 17 heavy (non-hydrogen) atoms. The van der Waals surface area contributed by atoms with Gasteiger partial charge in [0.2, 0.25) is 0 Å². The molecule has 0 amide bonds. The topological polar surface area (TPSA) is 21.3 Å². The van der Waals surface area contributed by atoms with Gasteiger partial charge in [-0.25, -0.2) is 0 Å². The fourth-order valence-corrected chi connectivity index (χ4v) is 1.37. The quantitative estimate of drug-likeness (QED) is 0.786. The van der Waals surface area contributed by atoms with Crippen molar-refractivity contribution in [3.63, 3.8) is 0 Å². The van der Waals surface area contributed by atoms with E-state index in [0.717, 1.165) is 12.3 Å². The Hall–Kier alpha value is -1.28. The Morgan fingerprint density at radius 1 is 1.35 bits per heavy atom. The van der Waals surface area contributed by atoms with Crippen LogP contribution in [-0.4, -0.2) is 11.6 Å². The van der Waals surface area contributed by atoms with Crippen LogP contribution in [0.4, 0.5) is 0 Å². The van der Waals surface area contributed by atoms with Gasteiger partial charge in [0.15, 0.2) is 0 Å². The second-order valence-electron chi connectivity index (χ2n) is 5.27. The van der Waals surface area contributed by atoms with E-state index in [4.69, 9.17) is 4.74 Å². The third kappa shape index (κ3) is 5.05. The summed E-state index contributed by atoms with van der Waals surface area (Å²) in [4.78, 5) is 0. The van der Waals surface area contributed by atoms with Gasteiger partial charge in [-0.05, 0) is 33.8 Å². The Bertz CT molecular complexity index is 365. The molecule has 1 N–H and O–H groups in total. The molecule has 0 bridgehead atoms. The highest BCUT2D eigenvalue weighted by Crippen LogP contribution is 2.20. The summed E-state index contributed by atoms with van der Waals surface area (Å²) in [6.45, 7) is 13.0. The van der Waals surface area contributed by atoms with Crippen LogP contribution in [0.3, 0.4) is 0 Å². The smallest absolute Gasteiger partial charge is 0.124 e. The summed E-state index contributed by atoms with van der Waals surface area (Å²) in [6.07, 6.45) is 1.83. The zero-order valence-corrected chi connectivity index (χ0v) is 11.3. The first-order chi connectivity index (χ1) is 7.92. The summed E-state index contributed by atoms with van der Waals surface area (Å²) < 4.78 is 5.80. The van der Waals surface area contributed by atoms with Gasteiger partial charge >= 0.3 is 0 Å². The van der Waals surface area contributed by atoms with Gasteiger partial charge < -0.3 is 10.1 Å². The lowest BCUT2D eigenvalue weighted by Crippen LogP contribution is -2.35. The van der Waals surface area contributed by atoms with Crippen molar-refractivity contribution < 1.29 is 4.74 Å². The summed E-state index contributed by atoms with van der Waals surface area (Å²) in [7, 11) is 0. The van der Waals surface area contributed by atoms with Gasteiger partial charge in [-0.2, -0.15) is 0 Å². The van der Waals surface area contributed by atoms with Crippen molar-refractivity contribution in [3.05, 3.63) is 42.5 Å². The van der Waals surface area contributed by atoms with E-state index in [0.29, 0.717) is 0 Å². The molecule has 2 heteroatoms. The monoisotopic (exact) mass is 233 g/mol. The first-order valence-corrected chi connectivity index (χ1v) is 6.04. The average Bonchev–Trinajstić information content (AvgIpc) is 2.26. The maximum atomic E-state index is 5.80. The molecule has 2 nitrogen and oxygen atoms in total. The minimum absolute atomic E-state index is 0.0331. The third-order valence-electron chi connectivity index (χ3n) is 2.43. The Labute approximate surface area is 105 Å². The predicted octanol–water partition coefficient (Wildman–Crippen LogP) is 3.53. The van der Waals surface area contributed by atoms with Gasteiger partial charge in [0, 0.05) is 17.6 Å². The maximum absolute atomic E-state index is 5.80. The molecule has 0 aliphatic heterocycles. The second-order valence-corrected chi connectivity index (χ2v) is 5.27. The van der Waals surface area contributed by atoms with Crippen molar-refractivity contribution in [1.82, 2.24) is 5.32 Å². The molecule has 0 aliphatic rings. The van der Waals surface area contributed by atoms with Crippen molar-refractivity contribution in [1.29, 1.82) is 0 Å². The molecular formula is C15H23NO. The molecular weight excluding hydrogens is 210 g/mol. The van der Waals surface area contributed by atoms with E-state index in [1.165, 1.54) is 5.56 Å². The Morgan fingerprint density at radius 2 is 2.00 bits per heavy atom. The average molecular weight is 233 g/mol. The Kier molecular flexibility index (Phi) is 4.76. The van der Waals surface area contributed by atoms with E-state index in [1.807, 2.05) is 25.1 Å². The maximum Gasteiger partial charge on any atom is 0.124 e. The number of rotatable bonds is 5. The number of hydrogen-bond acceptors (Lipinski definition) is 2. The predicted molar refractivity (Wildman–Crippen MR) is 73.3 cm³/mol. The summed E-state index contributed by atoms with van der Waals surface area (Å²) in [5, 5.41) is 3.46. The lowest BCUT2D eigenvalue weighted by molar-refractivity contribution is 0.265. The molecule has 1 rings (SSSR count). The molecule has 0 saturated heterocycles. The number of hydrogen-bond donors (Lipinski definition) is 1. The summed E-state index contributed by atoms with van der Waals surface area (Å²) in [6, 6.07) is 8.11. The molecule has 0 fully saturated rings. The van der Waals surface area contributed by atoms with Crippen molar-refractivity contribution in [2.24, 2.45) is 0 Å². The Balaban J connectivity index is 2.74. The highest BCUT2D eigenvalue weighted by Gasteiger charge is 2.11. The van der Waals surface area contributed by atoms with E-state index in [9.17, 15) is 0 Å². The van der Waals surface area contributed by atoms with Crippen molar-refractivity contribution >= 4 is 0 Å². The number of benzene rings is 1. The number of ether oxygens (including phenoxy) is 1. The zero-order valence-electron chi connectivity index (χ0n) is 11.3. The second kappa shape index (κ2) is 5.87. The molecule has 0 spiro atoms. The molecule has 0 heterocycles. The Morgan fingerprint density at radius 3 is 2.59 bits per heavy atom. The van der Waals surface area contributed by atoms with E-state index < -0.39 is 0 Å². The first-order valence-electron chi connectivity index (χ1n) is 6.04. The van der Waals surface area contributed by atoms with E-state index in [1.54, 1.807) is 6.08 Å². The van der Waals surface area contributed by atoms with Gasteiger partial charge in [0.25, 0.3) is 0 Å². The number of para-hydroxylation sites is 1. The van der Waals surface area contributed by atoms with Crippen LogP contribution in [0.1, 0.15) is 33.3 Å². The third-order valence-corrected chi connectivity index (χ3v) is 2.43. The molecule has 0 saturated carbocycles. The summed E-state index contributed by atoms with van der Waals surface area (Å²) in [5.74, 6) is 0.927. The standard InChI is InChI=1S/C15H23NO/c1-6-12(2)17-14-10-8-7-9-13(14)11-16-15(3,4)5/h6-10,12,16H,1,11H2,2-5H3. The number of nitrogens with one attached hydrogen (secondary N) is 1. The first kappa shape index (κ1) is 13.8. The highest BCUT2D eigenvalue weighted by atomic mass is 16.5. The zero-order chi connectivity index (χ0) is 12.9. The van der Waals surface area contributed by atoms with E-state index in [2.05, 4.69) is 38.7 Å². The van der Waals surface area contributed by atoms with Gasteiger partial charge in [-0.3, -0.25) is 0 Å². The van der Waals surface area contributed by atoms with Crippen molar-refractivity contribution in [2.45, 2.75) is 45.9 Å². The van der Waals surface area contributed by atoms with Crippen LogP contribution in [-0.2, 0) is 6.54 Å². The van der Waals surface area contributed by atoms with Crippen LogP contribution >= 0.6 is 0 Å². The van der Waals surface area contributed by atoms with Crippen molar-refractivity contribution in [2.75, 3.05) is 0 Å². The molecule has 1 atom stereocenters. The van der Waals surface area contributed by atoms with Crippen LogP contribution in [0.5, 0.6) is 5.75 Å². The SMILES string of the molecule is C=CC(C)Oc1ccccc1CNC(C)(C)C. The lowest BCUT2D eigenvalue weighted by atomic mass is 10.1. The highest BCUT2D eigenvalue weighted by molar-refractivity contribution is 5.33. The van der Waals surface area contributed by atoms with Crippen LogP contribution in [0.15, 0.2) is 36.9 Å². The van der Waals surface area contributed by atoms with Crippen LogP contribution in [0, 0.1) is 0 Å². The summed E-state index contributed by atoms with van der Waals surface area (Å²) in [5.41, 5.74) is 1.29. The largest absolute Gasteiger partial charge is 0.486 e. The normalized spacial score (nSPS) is 13.2.